The van der Waals surface area contributed by atoms with Crippen LogP contribution in [0.15, 0.2) is 97.1 Å². The molecule has 3 nitrogen and oxygen atoms in total. The van der Waals surface area contributed by atoms with Crippen molar-refractivity contribution < 1.29 is 43.7 Å². The molecule has 0 aliphatic heterocycles. The van der Waals surface area contributed by atoms with E-state index in [1.54, 1.807) is 91.0 Å². The zero-order valence-corrected chi connectivity index (χ0v) is 20.2. The van der Waals surface area contributed by atoms with E-state index >= 15 is 8.78 Å². The average molecular weight is 560 g/mol. The molecule has 4 rings (SSSR count). The first-order valence-corrected chi connectivity index (χ1v) is 13.4. The maximum Gasteiger partial charge on any atom is 0.485 e. The van der Waals surface area contributed by atoms with E-state index in [-0.39, 0.29) is 6.07 Å². The van der Waals surface area contributed by atoms with Gasteiger partial charge in [-0.15, -0.1) is 0 Å². The van der Waals surface area contributed by atoms with Crippen LogP contribution in [0.3, 0.4) is 0 Å². The highest BCUT2D eigenvalue weighted by molar-refractivity contribution is 8.01. The quantitative estimate of drug-likeness (QED) is 0.117. The fourth-order valence-electron chi connectivity index (χ4n) is 3.64. The van der Waals surface area contributed by atoms with Crippen molar-refractivity contribution >= 4 is 38.6 Å². The summed E-state index contributed by atoms with van der Waals surface area (Å²) in [6, 6.07) is 26.6. The van der Waals surface area contributed by atoms with Crippen LogP contribution in [0.5, 0.6) is 0 Å². The lowest BCUT2D eigenvalue weighted by Crippen LogP contribution is -2.42. The summed E-state index contributed by atoms with van der Waals surface area (Å²) in [4.78, 5) is 0. The summed E-state index contributed by atoms with van der Waals surface area (Å²) in [6.07, 6.45) is 0. The van der Waals surface area contributed by atoms with E-state index in [2.05, 4.69) is 0 Å². The minimum atomic E-state index is -6.09. The van der Waals surface area contributed by atoms with Crippen molar-refractivity contribution in [1.82, 2.24) is 0 Å². The highest BCUT2D eigenvalue weighted by Gasteiger charge is 2.53. The van der Waals surface area contributed by atoms with Crippen molar-refractivity contribution in [2.45, 2.75) is 5.51 Å². The predicted octanol–water partition coefficient (Wildman–Crippen LogP) is 4.91. The van der Waals surface area contributed by atoms with Crippen LogP contribution in [0.2, 0.25) is 0 Å². The number of alkyl halides is 3. The number of rotatable bonds is 4. The fraction of sp³-hybridized carbons (Fsp3) is 0.0400. The summed E-state index contributed by atoms with van der Waals surface area (Å²) in [5.74, 6) is -5.56. The summed E-state index contributed by atoms with van der Waals surface area (Å²) in [5.41, 5.74) is -5.65. The van der Waals surface area contributed by atoms with Gasteiger partial charge in [-0.05, 0) is 36.4 Å². The predicted molar refractivity (Wildman–Crippen MR) is 127 cm³/mol. The Balaban J connectivity index is 0.000000414. The van der Waals surface area contributed by atoms with Crippen LogP contribution in [-0.2, 0) is 10.1 Å². The van der Waals surface area contributed by atoms with Crippen LogP contribution in [-0.4, -0.2) is 18.5 Å². The van der Waals surface area contributed by atoms with Gasteiger partial charge in [0.1, 0.15) is 15.9 Å². The smallest absolute Gasteiger partial charge is 0.485 e. The monoisotopic (exact) mass is 560 g/mol. The molecule has 0 aliphatic rings. The summed E-state index contributed by atoms with van der Waals surface area (Å²) in [7, 11) is -9.36. The van der Waals surface area contributed by atoms with Gasteiger partial charge in [0, 0.05) is 6.07 Å². The van der Waals surface area contributed by atoms with Crippen LogP contribution >= 0.6 is 7.26 Å². The average Bonchev–Trinajstić information content (AvgIpc) is 2.86. The van der Waals surface area contributed by atoms with E-state index in [9.17, 15) is 22.0 Å². The van der Waals surface area contributed by atoms with Gasteiger partial charge in [-0.2, -0.15) is 22.0 Å². The van der Waals surface area contributed by atoms with Crippen molar-refractivity contribution in [2.24, 2.45) is 0 Å². The second-order valence-corrected chi connectivity index (χ2v) is 12.1. The van der Waals surface area contributed by atoms with E-state index in [4.69, 9.17) is 13.0 Å². The van der Waals surface area contributed by atoms with Crippen LogP contribution in [0.4, 0.5) is 30.7 Å². The molecule has 0 unspecified atom stereocenters. The first-order valence-electron chi connectivity index (χ1n) is 10.2. The molecule has 0 N–H and O–H groups in total. The maximum absolute atomic E-state index is 15.2. The molecule has 0 amide bonds. The first-order chi connectivity index (χ1) is 17.3. The van der Waals surface area contributed by atoms with Crippen LogP contribution < -0.4 is 21.2 Å². The standard InChI is InChI=1S/C24H16F4P.CHF3O3S/c25-20-16-21(26)23(28)24(22(20)27)29(17-10-4-1-5-11-17,18-12-6-2-7-13-18)19-14-8-3-9-15-19;2-1(3,4)8(5,6)7/h1-16H;(H,5,6,7)/q+1;/p-1. The van der Waals surface area contributed by atoms with Crippen LogP contribution in [0.1, 0.15) is 0 Å². The van der Waals surface area contributed by atoms with Gasteiger partial charge in [0.05, 0.1) is 0 Å². The molecule has 0 spiro atoms. The second-order valence-electron chi connectivity index (χ2n) is 7.39. The van der Waals surface area contributed by atoms with Crippen molar-refractivity contribution in [2.75, 3.05) is 0 Å². The highest BCUT2D eigenvalue weighted by atomic mass is 32.2. The van der Waals surface area contributed by atoms with Crippen molar-refractivity contribution in [3.05, 3.63) is 120 Å². The van der Waals surface area contributed by atoms with Gasteiger partial charge in [0.2, 0.25) is 11.6 Å². The van der Waals surface area contributed by atoms with Gasteiger partial charge >= 0.3 is 5.51 Å². The Hall–Kier alpha value is -3.27. The van der Waals surface area contributed by atoms with E-state index in [1.165, 1.54) is 0 Å². The van der Waals surface area contributed by atoms with Crippen LogP contribution in [0.25, 0.3) is 0 Å². The number of halogens is 7. The molecule has 0 saturated carbocycles. The highest BCUT2D eigenvalue weighted by Crippen LogP contribution is 2.55. The molecule has 0 aromatic heterocycles. The largest absolute Gasteiger partial charge is 0.741 e. The molecule has 12 heteroatoms. The minimum Gasteiger partial charge on any atom is -0.741 e. The van der Waals surface area contributed by atoms with Crippen LogP contribution in [0, 0.1) is 23.3 Å². The van der Waals surface area contributed by atoms with E-state index in [0.717, 1.165) is 0 Å². The van der Waals surface area contributed by atoms with Gasteiger partial charge < -0.3 is 4.55 Å². The summed E-state index contributed by atoms with van der Waals surface area (Å²) >= 11 is 0. The van der Waals surface area contributed by atoms with Gasteiger partial charge in [0.15, 0.2) is 34.3 Å². The molecule has 37 heavy (non-hydrogen) atoms. The summed E-state index contributed by atoms with van der Waals surface area (Å²) < 4.78 is 118. The van der Waals surface area contributed by atoms with Gasteiger partial charge in [0.25, 0.3) is 0 Å². The maximum atomic E-state index is 15.2. The van der Waals surface area contributed by atoms with E-state index in [0.29, 0.717) is 15.9 Å². The van der Waals surface area contributed by atoms with Crippen molar-refractivity contribution in [3.63, 3.8) is 0 Å². The molecule has 0 radical (unpaired) electrons. The van der Waals surface area contributed by atoms with E-state index in [1.807, 2.05) is 0 Å². The number of hydrogen-bond donors (Lipinski definition) is 0. The second kappa shape index (κ2) is 11.0. The molecule has 0 bridgehead atoms. The Morgan fingerprint density at radius 2 is 0.865 bits per heavy atom. The molecule has 194 valence electrons. The Bertz CT molecular complexity index is 1340. The first kappa shape index (κ1) is 28.3. The molecule has 0 heterocycles. The lowest BCUT2D eigenvalue weighted by Gasteiger charge is -2.28. The zero-order valence-electron chi connectivity index (χ0n) is 18.5. The lowest BCUT2D eigenvalue weighted by molar-refractivity contribution is -0.0517. The summed E-state index contributed by atoms with van der Waals surface area (Å²) in [6.45, 7) is 0. The molecular weight excluding hydrogens is 544 g/mol. The number of hydrogen-bond acceptors (Lipinski definition) is 3. The Morgan fingerprint density at radius 1 is 0.595 bits per heavy atom. The topological polar surface area (TPSA) is 57.2 Å². The lowest BCUT2D eigenvalue weighted by atomic mass is 10.3. The van der Waals surface area contributed by atoms with Gasteiger partial charge in [-0.25, -0.2) is 17.2 Å². The fourth-order valence-corrected chi connectivity index (χ4v) is 7.97. The molecule has 4 aromatic rings. The molecule has 0 saturated heterocycles. The third-order valence-corrected chi connectivity index (χ3v) is 9.99. The Morgan fingerprint density at radius 3 is 1.11 bits per heavy atom. The Kier molecular flexibility index (Phi) is 8.42. The zero-order chi connectivity index (χ0) is 27.4. The molecule has 0 fully saturated rings. The number of benzene rings is 4. The van der Waals surface area contributed by atoms with Crippen molar-refractivity contribution in [1.29, 1.82) is 0 Å². The minimum absolute atomic E-state index is 0.254. The SMILES string of the molecule is Fc1cc(F)c(F)c([P+](c2ccccc2)(c2ccccc2)c2ccccc2)c1F.O=S(=O)([O-])C(F)(F)F. The molecule has 0 aliphatic carbocycles. The van der Waals surface area contributed by atoms with Gasteiger partial charge in [-0.3, -0.25) is 0 Å². The summed E-state index contributed by atoms with van der Waals surface area (Å²) in [5, 5.41) is 1.22. The third-order valence-electron chi connectivity index (χ3n) is 5.14. The molecule has 4 aromatic carbocycles. The van der Waals surface area contributed by atoms with Crippen molar-refractivity contribution in [3.8, 4) is 0 Å². The molecule has 0 atom stereocenters. The third kappa shape index (κ3) is 5.69. The van der Waals surface area contributed by atoms with Gasteiger partial charge in [-0.1, -0.05) is 54.6 Å². The molecular formula is C25H16F7O3PS. The Labute approximate surface area is 208 Å². The van der Waals surface area contributed by atoms with E-state index < -0.39 is 51.5 Å². The normalized spacial score (nSPS) is 12.0.